The number of rotatable bonds is 13. The van der Waals surface area contributed by atoms with Gasteiger partial charge in [0.05, 0.1) is 106 Å². The van der Waals surface area contributed by atoms with Gasteiger partial charge < -0.3 is 58.3 Å². The van der Waals surface area contributed by atoms with Crippen molar-refractivity contribution < 1.29 is 88.1 Å². The molecule has 1 fully saturated rings. The van der Waals surface area contributed by atoms with E-state index in [1.807, 2.05) is 20.8 Å². The van der Waals surface area contributed by atoms with Crippen LogP contribution in [0.3, 0.4) is 0 Å². The van der Waals surface area contributed by atoms with Crippen LogP contribution >= 0.6 is 22.6 Å². The van der Waals surface area contributed by atoms with Crippen LogP contribution in [0.4, 0.5) is 38.5 Å². The van der Waals surface area contributed by atoms with E-state index in [1.165, 1.54) is 76.1 Å². The molecule has 0 bridgehead atoms. The number of nitrogens with two attached hydrogens (primary N) is 1. The zero-order valence-corrected chi connectivity index (χ0v) is 65.8. The number of ether oxygens (including phenoxy) is 3. The van der Waals surface area contributed by atoms with E-state index in [4.69, 9.17) is 60.2 Å². The summed E-state index contributed by atoms with van der Waals surface area (Å²) in [5, 5.41) is 57.0. The van der Waals surface area contributed by atoms with Gasteiger partial charge in [0.2, 0.25) is 0 Å². The van der Waals surface area contributed by atoms with E-state index < -0.39 is 47.0 Å². The fourth-order valence-corrected chi connectivity index (χ4v) is 9.39. The van der Waals surface area contributed by atoms with E-state index in [0.29, 0.717) is 47.7 Å². The Morgan fingerprint density at radius 1 is 0.684 bits per heavy atom. The number of carboxylic acid groups (broad SMARTS) is 2. The van der Waals surface area contributed by atoms with E-state index >= 15 is 0 Å². The first-order chi connectivity index (χ1) is 45.3. The summed E-state index contributed by atoms with van der Waals surface area (Å²) < 4.78 is 70.8. The summed E-state index contributed by atoms with van der Waals surface area (Å²) in [7, 11) is 0. The Morgan fingerprint density at radius 2 is 1.08 bits per heavy atom. The van der Waals surface area contributed by atoms with E-state index in [0.717, 1.165) is 68.1 Å². The monoisotopic (exact) mass is 1630 g/mol. The molecule has 4 aromatic heterocycles. The molecule has 5 atom stereocenters. The van der Waals surface area contributed by atoms with Gasteiger partial charge in [-0.2, -0.15) is 20.4 Å². The summed E-state index contributed by atoms with van der Waals surface area (Å²) >= 11 is 2.95. The first kappa shape index (κ1) is 91.7. The van der Waals surface area contributed by atoms with Crippen molar-refractivity contribution in [2.45, 2.75) is 162 Å². The molecular weight excluding hydrogens is 1550 g/mol. The molecular formula is C65H86CuF4IInN15O11. The Morgan fingerprint density at radius 3 is 1.38 bits per heavy atom. The Balaban J connectivity index is 0. The van der Waals surface area contributed by atoms with Crippen LogP contribution in [0.15, 0.2) is 104 Å². The molecule has 26 nitrogen and oxygen atoms in total. The van der Waals surface area contributed by atoms with Gasteiger partial charge in [0.15, 0.2) is 34.6 Å². The van der Waals surface area contributed by atoms with E-state index in [9.17, 15) is 41.5 Å². The quantitative estimate of drug-likeness (QED) is 0.0230. The minimum atomic E-state index is -0.963. The Labute approximate surface area is 607 Å². The number of aryl methyl sites for hydroxylation is 3. The summed E-state index contributed by atoms with van der Waals surface area (Å²) in [6, 6.07) is 13.8. The van der Waals surface area contributed by atoms with Crippen LogP contribution in [0.1, 0.15) is 130 Å². The van der Waals surface area contributed by atoms with Crippen molar-refractivity contribution in [2.75, 3.05) is 13.2 Å². The number of nitrogens with zero attached hydrogens (tertiary/aromatic N) is 10. The minimum absolute atomic E-state index is 0. The van der Waals surface area contributed by atoms with Gasteiger partial charge in [-0.05, 0) is 147 Å². The van der Waals surface area contributed by atoms with Gasteiger partial charge in [0.25, 0.3) is 5.91 Å². The van der Waals surface area contributed by atoms with Crippen LogP contribution in [0.25, 0.3) is 9.69 Å². The molecule has 0 aliphatic carbocycles. The number of aromatic amines is 1. The number of carbonyl (C=O) groups is 5. The van der Waals surface area contributed by atoms with Crippen molar-refractivity contribution in [1.29, 1.82) is 5.26 Å². The van der Waals surface area contributed by atoms with Gasteiger partial charge >= 0.3 is 93.6 Å². The summed E-state index contributed by atoms with van der Waals surface area (Å²) in [5.41, 5.74) is 9.01. The molecule has 7 aromatic rings. The number of aliphatic hydroxyl groups excluding tert-OH is 1. The fraction of sp³-hybridized carbons (Fsp3) is 0.415. The molecule has 1 aliphatic heterocycles. The third-order valence-electron chi connectivity index (χ3n) is 11.6. The number of hydrogen-bond donors (Lipinski definition) is 8. The second-order valence-corrected chi connectivity index (χ2v) is 28.1. The van der Waals surface area contributed by atoms with Gasteiger partial charge in [-0.3, -0.25) is 23.9 Å². The van der Waals surface area contributed by atoms with Crippen molar-refractivity contribution in [1.82, 2.24) is 55.5 Å². The Hall–Kier alpha value is -8.36. The third-order valence-corrected chi connectivity index (χ3v) is 15.4. The van der Waals surface area contributed by atoms with Crippen LogP contribution < -0.4 is 21.7 Å². The molecule has 8 rings (SSSR count). The number of nitrogens with one attached hydrogen (secondary N) is 4. The summed E-state index contributed by atoms with van der Waals surface area (Å²) in [4.78, 5) is 62.0. The molecule has 0 spiro atoms. The number of amides is 3. The van der Waals surface area contributed by atoms with E-state index in [-0.39, 0.29) is 70.9 Å². The maximum atomic E-state index is 12.8. The fourth-order valence-electron chi connectivity index (χ4n) is 7.22. The normalized spacial score (nSPS) is 12.7. The second-order valence-electron chi connectivity index (χ2n) is 23.3. The number of carboxylic acids is 2. The van der Waals surface area contributed by atoms with E-state index in [1.54, 1.807) is 106 Å². The number of aromatic carboxylic acids is 2. The van der Waals surface area contributed by atoms with Gasteiger partial charge in [-0.1, -0.05) is 36.4 Å². The number of carbonyl (C=O) groups excluding carboxylic acids is 3. The number of alkyl carbamates (subject to hydrolysis) is 2. The van der Waals surface area contributed by atoms with Crippen LogP contribution in [-0.2, 0) is 50.9 Å². The number of benzene rings is 3. The molecule has 33 heteroatoms. The molecule has 0 saturated carbocycles. The molecule has 9 N–H and O–H groups in total. The summed E-state index contributed by atoms with van der Waals surface area (Å²) in [6.45, 7) is 44.1. The third kappa shape index (κ3) is 43.0. The summed E-state index contributed by atoms with van der Waals surface area (Å²) in [5.74, 6) is -3.50. The van der Waals surface area contributed by atoms with Crippen molar-refractivity contribution in [3.8, 4) is 0 Å². The number of H-pyrrole nitrogens is 1. The number of aliphatic hydroxyl groups is 1. The molecule has 3 amide bonds. The van der Waals surface area contributed by atoms with Crippen molar-refractivity contribution in [3.63, 3.8) is 0 Å². The van der Waals surface area contributed by atoms with Gasteiger partial charge in [-0.25, -0.2) is 46.4 Å². The molecule has 1 aliphatic rings. The Kier molecular flexibility index (Phi) is 45.3. The molecule has 1 unspecified atom stereocenters. The van der Waals surface area contributed by atoms with Crippen LogP contribution in [-0.4, -0.2) is 162 Å². The van der Waals surface area contributed by atoms with Crippen LogP contribution in [0, 0.1) is 72.6 Å². The van der Waals surface area contributed by atoms with Crippen molar-refractivity contribution >= 4 is 88.4 Å². The molecule has 3 aromatic carbocycles. The van der Waals surface area contributed by atoms with Gasteiger partial charge in [-0.15, -0.1) is 0 Å². The van der Waals surface area contributed by atoms with Crippen LogP contribution in [0.5, 0.6) is 0 Å². The maximum absolute atomic E-state index is 12.8. The van der Waals surface area contributed by atoms with Gasteiger partial charge in [0.1, 0.15) is 11.2 Å². The van der Waals surface area contributed by atoms with E-state index in [2.05, 4.69) is 73.7 Å². The zero-order chi connectivity index (χ0) is 74.2. The molecule has 98 heavy (non-hydrogen) atoms. The van der Waals surface area contributed by atoms with Crippen molar-refractivity contribution in [2.24, 2.45) is 5.73 Å². The predicted molar refractivity (Wildman–Crippen MR) is 366 cm³/mol. The first-order valence-electron chi connectivity index (χ1n) is 29.7. The zero-order valence-electron chi connectivity index (χ0n) is 57.0. The average Bonchev–Trinajstić information content (AvgIpc) is 1.96. The second kappa shape index (κ2) is 48.4. The molecule has 536 valence electrons. The SMILES string of the molecule is C[C@@H](CO)NC(=O)OC(C)(C)C.C[C@@H](Cn1cc(F)cn1)NC(=O)OC(C)(C)C.C[C@H](N)Cn1cc(F)cn1.Cc1cc(C(=O)O)ccc1I.Fc1cn[nH]c1.[C-]#N.[C-]#[N+]c1ccc(C(=O)N[C@@H](C)Cn2cc(F)cn2)cc1C.[C-]#[N+]c1ccc(C(=O)O)cc1C.[Cu+].[InH2][CH]1CCCO1. The molecule has 1 saturated heterocycles. The van der Waals surface area contributed by atoms with Gasteiger partial charge in [0, 0.05) is 27.3 Å². The predicted octanol–water partition coefficient (Wildman–Crippen LogP) is 10.8. The molecule has 0 radical (unpaired) electrons. The average molecular weight is 1630 g/mol. The number of hydrogen-bond acceptors (Lipinski definition) is 15. The Bertz CT molecular complexity index is 3620. The number of aromatic nitrogens is 8. The topological polar surface area (TPSA) is 350 Å². The molecule has 5 heterocycles. The number of halogens is 5. The first-order valence-corrected chi connectivity index (χ1v) is 34.1. The van der Waals surface area contributed by atoms with Crippen LogP contribution in [0.2, 0.25) is 0 Å². The van der Waals surface area contributed by atoms with Crippen molar-refractivity contribution in [3.05, 3.63) is 194 Å². The summed E-state index contributed by atoms with van der Waals surface area (Å²) in [6.07, 6.45) is 11.3. The standard InChI is InChI=1S/C15H15FN4O.C11H18FN3O2.C9H7NO2.C8H7IO2.C8H17NO3.C6H10FN3.C4H7O.C3H3FN2.CN.Cu.In.2H/c1-10-6-12(4-5-14(10)17-3)15(21)19-11(2)8-20-9-13(16)7-18-20;1-8(6-15-7-9(12)5-13-15)14-10(16)17-11(2,3)4;1-6-5-7(9(11)12)3-4-8(6)10-2;1-5-4-6(8(10)11)2-3-7(5)9;1-6(5-10)9-7(11)12-8(2,3)4;1-5(8)3-10-4-6(7)2-9-10;1-2-4-5-3-1;4-3-1-5-6-2-3;1-2;;;;/h4-7,9,11H,8H2,1-2H3,(H,19,21);5,7-8H,6H2,1-4H3,(H,14,16);3-5H,1H3,(H,11,12);2-4H,1H3,(H,10,11);6,10H,5H2,1-4H3,(H,9,11);2,4-5H,3,8H2,1H3;3H,1-2,4H2;1-2H,(H,5,6);;;;;/q;;;;;;;;-1;+1;;;/t11-;8-;;;6-;5-;;;;;;;/m00..00......./s1.